The lowest BCUT2D eigenvalue weighted by molar-refractivity contribution is -0.112. The number of hydrogen-bond donors (Lipinski definition) is 2. The highest BCUT2D eigenvalue weighted by molar-refractivity contribution is 7.89. The van der Waals surface area contributed by atoms with Crippen LogP contribution < -0.4 is 10.5 Å². The van der Waals surface area contributed by atoms with Gasteiger partial charge in [0.15, 0.2) is 0 Å². The number of rotatable bonds is 4. The van der Waals surface area contributed by atoms with Gasteiger partial charge in [-0.15, -0.1) is 0 Å². The van der Waals surface area contributed by atoms with Crippen LogP contribution in [0.5, 0.6) is 0 Å². The molecule has 0 spiro atoms. The van der Waals surface area contributed by atoms with Gasteiger partial charge < -0.3 is 9.73 Å². The van der Waals surface area contributed by atoms with Crippen LogP contribution in [0.3, 0.4) is 0 Å². The minimum Gasteiger partial charge on any atom is -0.462 e. The number of nitrogens with one attached hydrogen (secondary N) is 1. The number of aryl methyl sites for hydroxylation is 1. The van der Waals surface area contributed by atoms with Crippen molar-refractivity contribution in [1.82, 2.24) is 0 Å². The van der Waals surface area contributed by atoms with Gasteiger partial charge in [-0.2, -0.15) is 5.26 Å². The maximum atomic E-state index is 12.1. The number of nitrogens with zero attached hydrogens (tertiary/aromatic N) is 1. The Morgan fingerprint density at radius 3 is 2.39 bits per heavy atom. The van der Waals surface area contributed by atoms with E-state index in [0.29, 0.717) is 17.2 Å². The molecule has 0 saturated carbocycles. The fourth-order valence-corrected chi connectivity index (χ4v) is 2.26. The number of hydrogen-bond acceptors (Lipinski definition) is 5. The summed E-state index contributed by atoms with van der Waals surface area (Å²) >= 11 is 0. The van der Waals surface area contributed by atoms with E-state index in [-0.39, 0.29) is 10.5 Å². The first-order valence-electron chi connectivity index (χ1n) is 6.42. The number of nitriles is 1. The Bertz CT molecular complexity index is 903. The third kappa shape index (κ3) is 4.29. The molecule has 0 unspecified atom stereocenters. The highest BCUT2D eigenvalue weighted by atomic mass is 32.2. The van der Waals surface area contributed by atoms with E-state index in [1.807, 2.05) is 0 Å². The topological polar surface area (TPSA) is 126 Å². The molecule has 0 saturated heterocycles. The van der Waals surface area contributed by atoms with Crippen molar-refractivity contribution in [2.75, 3.05) is 5.32 Å². The highest BCUT2D eigenvalue weighted by Gasteiger charge is 2.12. The molecule has 1 amide bonds. The van der Waals surface area contributed by atoms with Crippen LogP contribution in [0.1, 0.15) is 11.5 Å². The van der Waals surface area contributed by atoms with Crippen LogP contribution >= 0.6 is 0 Å². The third-order valence-corrected chi connectivity index (χ3v) is 3.78. The quantitative estimate of drug-likeness (QED) is 0.652. The molecular formula is C15H13N3O4S. The van der Waals surface area contributed by atoms with Crippen LogP contribution in [-0.4, -0.2) is 14.3 Å². The van der Waals surface area contributed by atoms with Gasteiger partial charge in [0.05, 0.1) is 4.90 Å². The smallest absolute Gasteiger partial charge is 0.266 e. The predicted octanol–water partition coefficient (Wildman–Crippen LogP) is 1.78. The second kappa shape index (κ2) is 6.48. The molecule has 1 heterocycles. The Kier molecular flexibility index (Phi) is 4.64. The van der Waals surface area contributed by atoms with E-state index >= 15 is 0 Å². The first kappa shape index (κ1) is 16.5. The van der Waals surface area contributed by atoms with Gasteiger partial charge in [0, 0.05) is 11.8 Å². The monoisotopic (exact) mass is 331 g/mol. The molecule has 0 aliphatic carbocycles. The number of carbonyl (C=O) groups excluding carboxylic acids is 1. The van der Waals surface area contributed by atoms with Crippen molar-refractivity contribution in [1.29, 1.82) is 5.26 Å². The number of furan rings is 1. The number of nitrogens with two attached hydrogens (primary N) is 1. The second-order valence-corrected chi connectivity index (χ2v) is 6.20. The van der Waals surface area contributed by atoms with Crippen molar-refractivity contribution in [3.63, 3.8) is 0 Å². The Morgan fingerprint density at radius 2 is 1.91 bits per heavy atom. The maximum absolute atomic E-state index is 12.1. The first-order chi connectivity index (χ1) is 10.8. The third-order valence-electron chi connectivity index (χ3n) is 2.85. The fourth-order valence-electron chi connectivity index (χ4n) is 1.75. The molecule has 3 N–H and O–H groups in total. The predicted molar refractivity (Wildman–Crippen MR) is 83.5 cm³/mol. The molecule has 1 aromatic carbocycles. The maximum Gasteiger partial charge on any atom is 0.266 e. The minimum atomic E-state index is -3.80. The molecule has 8 heteroatoms. The zero-order valence-corrected chi connectivity index (χ0v) is 12.9. The largest absolute Gasteiger partial charge is 0.462 e. The molecule has 1 aromatic heterocycles. The summed E-state index contributed by atoms with van der Waals surface area (Å²) in [4.78, 5) is 12.0. The van der Waals surface area contributed by atoms with E-state index in [1.54, 1.807) is 25.1 Å². The van der Waals surface area contributed by atoms with E-state index in [2.05, 4.69) is 5.32 Å². The molecule has 118 valence electrons. The summed E-state index contributed by atoms with van der Waals surface area (Å²) in [6.07, 6.45) is 1.32. The average molecular weight is 331 g/mol. The molecular weight excluding hydrogens is 318 g/mol. The summed E-state index contributed by atoms with van der Waals surface area (Å²) in [5, 5.41) is 16.6. The van der Waals surface area contributed by atoms with Crippen LogP contribution in [0.15, 0.2) is 51.3 Å². The van der Waals surface area contributed by atoms with Crippen molar-refractivity contribution in [3.8, 4) is 6.07 Å². The van der Waals surface area contributed by atoms with Crippen LogP contribution in [0, 0.1) is 18.3 Å². The van der Waals surface area contributed by atoms with E-state index in [4.69, 9.17) is 14.8 Å². The molecule has 0 atom stereocenters. The van der Waals surface area contributed by atoms with Gasteiger partial charge in [-0.1, -0.05) is 0 Å². The fraction of sp³-hybridized carbons (Fsp3) is 0.0667. The lowest BCUT2D eigenvalue weighted by Crippen LogP contribution is -2.14. The Hall–Kier alpha value is -2.89. The van der Waals surface area contributed by atoms with Crippen molar-refractivity contribution in [2.45, 2.75) is 11.8 Å². The van der Waals surface area contributed by atoms with Crippen LogP contribution in [0.25, 0.3) is 6.08 Å². The van der Waals surface area contributed by atoms with Gasteiger partial charge in [-0.3, -0.25) is 4.79 Å². The molecule has 0 aliphatic rings. The van der Waals surface area contributed by atoms with E-state index in [9.17, 15) is 13.2 Å². The molecule has 2 rings (SSSR count). The standard InChI is InChI=1S/C15H13N3O4S/c1-10-2-5-13(22-10)8-11(9-16)15(19)18-12-3-6-14(7-4-12)23(17,20)21/h2-8H,1H3,(H,18,19)(H2,17,20,21). The van der Waals surface area contributed by atoms with E-state index in [0.717, 1.165) is 0 Å². The highest BCUT2D eigenvalue weighted by Crippen LogP contribution is 2.15. The lowest BCUT2D eigenvalue weighted by atomic mass is 10.2. The second-order valence-electron chi connectivity index (χ2n) is 4.64. The first-order valence-corrected chi connectivity index (χ1v) is 7.96. The van der Waals surface area contributed by atoms with Crippen molar-refractivity contribution < 1.29 is 17.6 Å². The number of sulfonamides is 1. The van der Waals surface area contributed by atoms with Crippen LogP contribution in [0.2, 0.25) is 0 Å². The number of amides is 1. The van der Waals surface area contributed by atoms with Crippen molar-refractivity contribution in [3.05, 3.63) is 53.5 Å². The average Bonchev–Trinajstić information content (AvgIpc) is 2.89. The molecule has 0 fully saturated rings. The summed E-state index contributed by atoms with van der Waals surface area (Å²) in [7, 11) is -3.80. The number of benzene rings is 1. The van der Waals surface area contributed by atoms with Gasteiger partial charge in [0.25, 0.3) is 5.91 Å². The molecule has 7 nitrogen and oxygen atoms in total. The van der Waals surface area contributed by atoms with Crippen molar-refractivity contribution >= 4 is 27.7 Å². The lowest BCUT2D eigenvalue weighted by Gasteiger charge is -2.05. The number of anilines is 1. The Labute approximate surface area is 133 Å². The summed E-state index contributed by atoms with van der Waals surface area (Å²) < 4.78 is 27.6. The minimum absolute atomic E-state index is 0.0717. The zero-order valence-electron chi connectivity index (χ0n) is 12.1. The zero-order chi connectivity index (χ0) is 17.0. The summed E-state index contributed by atoms with van der Waals surface area (Å²) in [6.45, 7) is 1.75. The molecule has 0 aliphatic heterocycles. The van der Waals surface area contributed by atoms with Gasteiger partial charge in [-0.05, 0) is 43.3 Å². The van der Waals surface area contributed by atoms with Crippen LogP contribution in [0.4, 0.5) is 5.69 Å². The van der Waals surface area contributed by atoms with E-state index < -0.39 is 15.9 Å². The molecule has 2 aromatic rings. The van der Waals surface area contributed by atoms with Crippen LogP contribution in [-0.2, 0) is 14.8 Å². The SMILES string of the molecule is Cc1ccc(C=C(C#N)C(=O)Nc2ccc(S(N)(=O)=O)cc2)o1. The Balaban J connectivity index is 2.17. The molecule has 0 radical (unpaired) electrons. The van der Waals surface area contributed by atoms with Gasteiger partial charge in [-0.25, -0.2) is 13.6 Å². The van der Waals surface area contributed by atoms with Gasteiger partial charge in [0.1, 0.15) is 23.2 Å². The Morgan fingerprint density at radius 1 is 1.26 bits per heavy atom. The van der Waals surface area contributed by atoms with E-state index in [1.165, 1.54) is 30.3 Å². The molecule has 23 heavy (non-hydrogen) atoms. The number of carbonyl (C=O) groups is 1. The van der Waals surface area contributed by atoms with Gasteiger partial charge >= 0.3 is 0 Å². The summed E-state index contributed by atoms with van der Waals surface area (Å²) in [6, 6.07) is 10.4. The summed E-state index contributed by atoms with van der Waals surface area (Å²) in [5.74, 6) is 0.413. The molecule has 0 bridgehead atoms. The van der Waals surface area contributed by atoms with Crippen molar-refractivity contribution in [2.24, 2.45) is 5.14 Å². The normalized spacial score (nSPS) is 11.8. The number of primary sulfonamides is 1. The summed E-state index contributed by atoms with van der Waals surface area (Å²) in [5.41, 5.74) is 0.189. The van der Waals surface area contributed by atoms with Gasteiger partial charge in [0.2, 0.25) is 10.0 Å².